The molecule has 24 heavy (non-hydrogen) atoms. The average molecular weight is 393 g/mol. The van der Waals surface area contributed by atoms with Gasteiger partial charge in [-0.1, -0.05) is 48.7 Å². The van der Waals surface area contributed by atoms with E-state index in [0.717, 1.165) is 0 Å². The van der Waals surface area contributed by atoms with E-state index in [1.54, 1.807) is 0 Å². The predicted octanol–water partition coefficient (Wildman–Crippen LogP) is 3.39. The molecule has 1 aromatic rings. The van der Waals surface area contributed by atoms with Gasteiger partial charge in [0.05, 0.1) is 22.3 Å². The van der Waals surface area contributed by atoms with E-state index in [-0.39, 0.29) is 24.3 Å². The van der Waals surface area contributed by atoms with Crippen LogP contribution in [0.25, 0.3) is 0 Å². The Balaban J connectivity index is 1.87. The molecule has 1 heterocycles. The van der Waals surface area contributed by atoms with Crippen molar-refractivity contribution in [2.45, 2.75) is 13.8 Å². The molecule has 0 bridgehead atoms. The third-order valence-electron chi connectivity index (χ3n) is 3.82. The number of amides is 2. The van der Waals surface area contributed by atoms with Crippen molar-refractivity contribution < 1.29 is 9.59 Å². The lowest BCUT2D eigenvalue weighted by molar-refractivity contribution is -0.136. The Kier molecular flexibility index (Phi) is 6.75. The smallest absolute Gasteiger partial charge is 0.238 e. The van der Waals surface area contributed by atoms with Crippen LogP contribution in [0.15, 0.2) is 12.1 Å². The fraction of sp³-hybridized carbons (Fsp3) is 0.500. The minimum Gasteiger partial charge on any atom is -0.340 e. The number of hydrogen-bond donors (Lipinski definition) is 1. The maximum atomic E-state index is 12.2. The Morgan fingerprint density at radius 1 is 1.08 bits per heavy atom. The van der Waals surface area contributed by atoms with E-state index in [4.69, 9.17) is 34.8 Å². The van der Waals surface area contributed by atoms with Crippen LogP contribution in [-0.2, 0) is 9.59 Å². The van der Waals surface area contributed by atoms with Crippen LogP contribution >= 0.6 is 34.8 Å². The van der Waals surface area contributed by atoms with E-state index in [9.17, 15) is 9.59 Å². The standard InChI is InChI=1S/C16H20Cl3N3O2/c1-10(2)16(24)22-5-3-21(4-6-22)9-14(23)20-15-12(18)7-11(17)8-13(15)19/h7-8,10H,3-6,9H2,1-2H3,(H,20,23). The van der Waals surface area contributed by atoms with E-state index in [1.165, 1.54) is 12.1 Å². The van der Waals surface area contributed by atoms with Gasteiger partial charge in [0.15, 0.2) is 0 Å². The third-order valence-corrected chi connectivity index (χ3v) is 4.63. The minimum atomic E-state index is -0.204. The first-order chi connectivity index (χ1) is 11.3. The summed E-state index contributed by atoms with van der Waals surface area (Å²) in [6, 6.07) is 3.06. The topological polar surface area (TPSA) is 52.7 Å². The SMILES string of the molecule is CC(C)C(=O)N1CCN(CC(=O)Nc2c(Cl)cc(Cl)cc2Cl)CC1. The number of carbonyl (C=O) groups is 2. The Labute approximate surface area is 156 Å². The Bertz CT molecular complexity index is 606. The van der Waals surface area contributed by atoms with E-state index >= 15 is 0 Å². The maximum absolute atomic E-state index is 12.2. The average Bonchev–Trinajstić information content (AvgIpc) is 2.50. The first kappa shape index (κ1) is 19.3. The van der Waals surface area contributed by atoms with Gasteiger partial charge in [0, 0.05) is 37.1 Å². The second-order valence-electron chi connectivity index (χ2n) is 6.05. The summed E-state index contributed by atoms with van der Waals surface area (Å²) < 4.78 is 0. The van der Waals surface area contributed by atoms with Crippen molar-refractivity contribution in [2.75, 3.05) is 38.0 Å². The summed E-state index contributed by atoms with van der Waals surface area (Å²) in [5, 5.41) is 3.73. The molecule has 1 aliphatic rings. The van der Waals surface area contributed by atoms with Crippen molar-refractivity contribution in [1.82, 2.24) is 9.80 Å². The molecule has 2 amide bonds. The van der Waals surface area contributed by atoms with Crippen LogP contribution in [0.3, 0.4) is 0 Å². The van der Waals surface area contributed by atoms with Gasteiger partial charge in [-0.3, -0.25) is 14.5 Å². The van der Waals surface area contributed by atoms with Gasteiger partial charge < -0.3 is 10.2 Å². The van der Waals surface area contributed by atoms with Crippen LogP contribution < -0.4 is 5.32 Å². The van der Waals surface area contributed by atoms with Crippen molar-refractivity contribution in [1.29, 1.82) is 0 Å². The third kappa shape index (κ3) is 4.99. The van der Waals surface area contributed by atoms with E-state index in [1.807, 2.05) is 23.6 Å². The highest BCUT2D eigenvalue weighted by Gasteiger charge is 2.24. The zero-order valence-electron chi connectivity index (χ0n) is 13.6. The molecule has 2 rings (SSSR count). The minimum absolute atomic E-state index is 0.00552. The van der Waals surface area contributed by atoms with Crippen LogP contribution in [0.1, 0.15) is 13.8 Å². The molecule has 0 spiro atoms. The quantitative estimate of drug-likeness (QED) is 0.854. The molecular weight excluding hydrogens is 373 g/mol. The number of hydrogen-bond acceptors (Lipinski definition) is 3. The van der Waals surface area contributed by atoms with Crippen LogP contribution in [0, 0.1) is 5.92 Å². The second-order valence-corrected chi connectivity index (χ2v) is 7.30. The van der Waals surface area contributed by atoms with Gasteiger partial charge in [-0.05, 0) is 12.1 Å². The fourth-order valence-electron chi connectivity index (χ4n) is 2.54. The molecular formula is C16H20Cl3N3O2. The summed E-state index contributed by atoms with van der Waals surface area (Å²) in [6.45, 7) is 6.59. The molecule has 0 aliphatic carbocycles. The van der Waals surface area contributed by atoms with Gasteiger partial charge in [-0.15, -0.1) is 0 Å². The fourth-order valence-corrected chi connectivity index (χ4v) is 3.45. The molecule has 0 atom stereocenters. The van der Waals surface area contributed by atoms with Gasteiger partial charge in [0.1, 0.15) is 0 Å². The molecule has 1 aliphatic heterocycles. The highest BCUT2D eigenvalue weighted by molar-refractivity contribution is 6.42. The first-order valence-corrected chi connectivity index (χ1v) is 8.87. The summed E-state index contributed by atoms with van der Waals surface area (Å²) in [5.74, 6) is -0.0578. The van der Waals surface area contributed by atoms with Crippen LogP contribution in [0.5, 0.6) is 0 Å². The van der Waals surface area contributed by atoms with Gasteiger partial charge in [-0.2, -0.15) is 0 Å². The summed E-state index contributed by atoms with van der Waals surface area (Å²) in [5.41, 5.74) is 0.362. The van der Waals surface area contributed by atoms with Gasteiger partial charge in [0.25, 0.3) is 0 Å². The van der Waals surface area contributed by atoms with Crippen molar-refractivity contribution in [3.63, 3.8) is 0 Å². The molecule has 8 heteroatoms. The van der Waals surface area contributed by atoms with Gasteiger partial charge in [0.2, 0.25) is 11.8 Å². The summed E-state index contributed by atoms with van der Waals surface area (Å²) in [6.07, 6.45) is 0. The van der Waals surface area contributed by atoms with Crippen molar-refractivity contribution in [2.24, 2.45) is 5.92 Å². The lowest BCUT2D eigenvalue weighted by atomic mass is 10.1. The van der Waals surface area contributed by atoms with Gasteiger partial charge >= 0.3 is 0 Å². The molecule has 0 unspecified atom stereocenters. The predicted molar refractivity (Wildman–Crippen MR) is 98.0 cm³/mol. The maximum Gasteiger partial charge on any atom is 0.238 e. The number of nitrogens with zero attached hydrogens (tertiary/aromatic N) is 2. The zero-order valence-corrected chi connectivity index (χ0v) is 15.9. The summed E-state index contributed by atoms with van der Waals surface area (Å²) in [7, 11) is 0. The van der Waals surface area contributed by atoms with Gasteiger partial charge in [-0.25, -0.2) is 0 Å². The van der Waals surface area contributed by atoms with Crippen LogP contribution in [0.4, 0.5) is 5.69 Å². The monoisotopic (exact) mass is 391 g/mol. The molecule has 0 saturated carbocycles. The van der Waals surface area contributed by atoms with Crippen LogP contribution in [0.2, 0.25) is 15.1 Å². The lowest BCUT2D eigenvalue weighted by Crippen LogP contribution is -2.51. The normalized spacial score (nSPS) is 15.7. The Morgan fingerprint density at radius 2 is 1.62 bits per heavy atom. The van der Waals surface area contributed by atoms with Crippen molar-refractivity contribution >= 4 is 52.3 Å². The molecule has 132 valence electrons. The Hall–Kier alpha value is -1.01. The first-order valence-electron chi connectivity index (χ1n) is 7.73. The molecule has 0 aromatic heterocycles. The molecule has 1 saturated heterocycles. The number of carbonyl (C=O) groups excluding carboxylic acids is 2. The van der Waals surface area contributed by atoms with Crippen molar-refractivity contribution in [3.05, 3.63) is 27.2 Å². The number of halogens is 3. The number of anilines is 1. The largest absolute Gasteiger partial charge is 0.340 e. The highest BCUT2D eigenvalue weighted by atomic mass is 35.5. The second kappa shape index (κ2) is 8.39. The van der Waals surface area contributed by atoms with Crippen LogP contribution in [-0.4, -0.2) is 54.3 Å². The number of piperazine rings is 1. The number of nitrogens with one attached hydrogen (secondary N) is 1. The molecule has 1 fully saturated rings. The summed E-state index contributed by atoms with van der Waals surface area (Å²) in [4.78, 5) is 28.0. The van der Waals surface area contributed by atoms with E-state index in [2.05, 4.69) is 5.32 Å². The lowest BCUT2D eigenvalue weighted by Gasteiger charge is -2.35. The zero-order chi connectivity index (χ0) is 17.9. The molecule has 5 nitrogen and oxygen atoms in total. The Morgan fingerprint density at radius 3 is 2.12 bits per heavy atom. The number of benzene rings is 1. The van der Waals surface area contributed by atoms with E-state index < -0.39 is 0 Å². The number of rotatable bonds is 4. The highest BCUT2D eigenvalue weighted by Crippen LogP contribution is 2.33. The van der Waals surface area contributed by atoms with Crippen molar-refractivity contribution in [3.8, 4) is 0 Å². The molecule has 1 N–H and O–H groups in total. The summed E-state index contributed by atoms with van der Waals surface area (Å²) >= 11 is 18.0. The molecule has 0 radical (unpaired) electrons. The molecule has 1 aromatic carbocycles. The van der Waals surface area contributed by atoms with E-state index in [0.29, 0.717) is 46.9 Å².